The molecule has 4 rings (SSSR count). The zero-order valence-corrected chi connectivity index (χ0v) is 14.7. The molecular formula is C21H19N3O3. The van der Waals surface area contributed by atoms with Gasteiger partial charge < -0.3 is 9.84 Å². The molecule has 0 fully saturated rings. The van der Waals surface area contributed by atoms with Gasteiger partial charge in [0, 0.05) is 19.3 Å². The van der Waals surface area contributed by atoms with E-state index in [4.69, 9.17) is 4.74 Å². The third kappa shape index (κ3) is 3.66. The number of carboxylic acid groups (broad SMARTS) is 1. The van der Waals surface area contributed by atoms with Gasteiger partial charge in [-0.3, -0.25) is 9.69 Å². The molecule has 0 spiro atoms. The van der Waals surface area contributed by atoms with Gasteiger partial charge in [0.1, 0.15) is 19.0 Å². The summed E-state index contributed by atoms with van der Waals surface area (Å²) in [5.41, 5.74) is 3.82. The van der Waals surface area contributed by atoms with Crippen LogP contribution in [0.2, 0.25) is 0 Å². The Hall–Kier alpha value is -3.25. The highest BCUT2D eigenvalue weighted by molar-refractivity contribution is 5.76. The highest BCUT2D eigenvalue weighted by atomic mass is 16.5. The predicted octanol–water partition coefficient (Wildman–Crippen LogP) is 3.16. The maximum absolute atomic E-state index is 12.0. The molecule has 1 N–H and O–H groups in total. The normalized spacial score (nSPS) is 16.8. The summed E-state index contributed by atoms with van der Waals surface area (Å²) < 4.78 is 5.62. The van der Waals surface area contributed by atoms with E-state index in [0.717, 1.165) is 16.7 Å². The molecule has 1 atom stereocenters. The number of aliphatic carboxylic acids is 1. The Morgan fingerprint density at radius 1 is 1.11 bits per heavy atom. The maximum Gasteiger partial charge on any atom is 0.325 e. The Morgan fingerprint density at radius 3 is 2.59 bits per heavy atom. The number of hydrogen-bond donors (Lipinski definition) is 1. The molecule has 6 heteroatoms. The summed E-state index contributed by atoms with van der Waals surface area (Å²) >= 11 is 0. The van der Waals surface area contributed by atoms with Gasteiger partial charge in [-0.15, -0.1) is 0 Å². The monoisotopic (exact) mass is 361 g/mol. The van der Waals surface area contributed by atoms with Gasteiger partial charge in [0.05, 0.1) is 5.56 Å². The van der Waals surface area contributed by atoms with Crippen molar-refractivity contribution in [2.45, 2.75) is 12.6 Å². The van der Waals surface area contributed by atoms with Crippen molar-refractivity contribution in [1.29, 1.82) is 0 Å². The van der Waals surface area contributed by atoms with E-state index in [1.807, 2.05) is 35.2 Å². The number of fused-ring (bicyclic) bond motifs is 1. The fraction of sp³-hybridized carbons (Fsp3) is 0.190. The molecule has 0 saturated carbocycles. The van der Waals surface area contributed by atoms with Gasteiger partial charge in [-0.1, -0.05) is 54.6 Å². The lowest BCUT2D eigenvalue weighted by atomic mass is 10.0. The minimum atomic E-state index is -0.933. The Morgan fingerprint density at radius 2 is 1.85 bits per heavy atom. The number of aromatic nitrogens is 2. The van der Waals surface area contributed by atoms with Crippen LogP contribution in [0.4, 0.5) is 0 Å². The molecule has 1 aliphatic heterocycles. The number of carbonyl (C=O) groups is 1. The average molecular weight is 361 g/mol. The molecule has 1 aliphatic rings. The summed E-state index contributed by atoms with van der Waals surface area (Å²) in [6.07, 6.45) is 2.90. The molecule has 1 unspecified atom stereocenters. The van der Waals surface area contributed by atoms with Crippen molar-refractivity contribution >= 4 is 5.97 Å². The Balaban J connectivity index is 1.58. The van der Waals surface area contributed by atoms with Gasteiger partial charge in [-0.05, 0) is 16.7 Å². The summed E-state index contributed by atoms with van der Waals surface area (Å²) in [5, 5.41) is 9.80. The topological polar surface area (TPSA) is 75.5 Å². The van der Waals surface area contributed by atoms with E-state index in [0.29, 0.717) is 31.1 Å². The predicted molar refractivity (Wildman–Crippen MR) is 100 cm³/mol. The number of hydrogen-bond acceptors (Lipinski definition) is 5. The van der Waals surface area contributed by atoms with Crippen molar-refractivity contribution in [3.8, 4) is 17.0 Å². The molecule has 6 nitrogen and oxygen atoms in total. The quantitative estimate of drug-likeness (QED) is 0.769. The van der Waals surface area contributed by atoms with Crippen molar-refractivity contribution in [3.05, 3.63) is 78.2 Å². The van der Waals surface area contributed by atoms with Crippen LogP contribution in [0.15, 0.2) is 67.1 Å². The number of carboxylic acids is 1. The second-order valence-electron chi connectivity index (χ2n) is 6.41. The average Bonchev–Trinajstić information content (AvgIpc) is 2.88. The van der Waals surface area contributed by atoms with Crippen molar-refractivity contribution < 1.29 is 14.6 Å². The molecule has 2 aromatic carbocycles. The molecular weight excluding hydrogens is 342 g/mol. The van der Waals surface area contributed by atoms with Crippen LogP contribution in [-0.4, -0.2) is 39.1 Å². The summed E-state index contributed by atoms with van der Waals surface area (Å²) in [6, 6.07) is 17.5. The Labute approximate surface area is 157 Å². The summed E-state index contributed by atoms with van der Waals surface area (Å²) in [7, 11) is 0. The van der Waals surface area contributed by atoms with Gasteiger partial charge in [0.2, 0.25) is 5.88 Å². The molecule has 0 radical (unpaired) electrons. The van der Waals surface area contributed by atoms with Crippen LogP contribution >= 0.6 is 0 Å². The molecule has 136 valence electrons. The highest BCUT2D eigenvalue weighted by Crippen LogP contribution is 2.31. The lowest BCUT2D eigenvalue weighted by Gasteiger charge is -2.26. The van der Waals surface area contributed by atoms with Gasteiger partial charge in [0.15, 0.2) is 0 Å². The smallest absolute Gasteiger partial charge is 0.325 e. The number of ether oxygens (including phenoxy) is 1. The largest absolute Gasteiger partial charge is 0.480 e. The van der Waals surface area contributed by atoms with Gasteiger partial charge in [0.25, 0.3) is 0 Å². The summed E-state index contributed by atoms with van der Waals surface area (Å²) in [5.74, 6) is -0.586. The lowest BCUT2D eigenvalue weighted by Crippen LogP contribution is -2.34. The number of rotatable bonds is 4. The van der Waals surface area contributed by atoms with Gasteiger partial charge in [-0.2, -0.15) is 0 Å². The fourth-order valence-electron chi connectivity index (χ4n) is 3.35. The number of benzene rings is 2. The lowest BCUT2D eigenvalue weighted by molar-refractivity contribution is -0.143. The van der Waals surface area contributed by atoms with E-state index in [9.17, 15) is 9.90 Å². The zero-order valence-electron chi connectivity index (χ0n) is 14.7. The first-order valence-corrected chi connectivity index (χ1v) is 8.76. The van der Waals surface area contributed by atoms with Crippen LogP contribution in [0.5, 0.6) is 5.88 Å². The van der Waals surface area contributed by atoms with E-state index >= 15 is 0 Å². The minimum Gasteiger partial charge on any atom is -0.480 e. The molecule has 0 aliphatic carbocycles. The second-order valence-corrected chi connectivity index (χ2v) is 6.41. The van der Waals surface area contributed by atoms with Crippen molar-refractivity contribution in [2.24, 2.45) is 0 Å². The first kappa shape index (κ1) is 17.2. The molecule has 3 aromatic rings. The van der Waals surface area contributed by atoms with E-state index < -0.39 is 12.0 Å². The molecule has 27 heavy (non-hydrogen) atoms. The molecule has 0 bridgehead atoms. The second kappa shape index (κ2) is 7.55. The van der Waals surface area contributed by atoms with Gasteiger partial charge in [-0.25, -0.2) is 9.97 Å². The maximum atomic E-state index is 12.0. The third-order valence-electron chi connectivity index (χ3n) is 4.66. The van der Waals surface area contributed by atoms with Crippen molar-refractivity contribution in [2.75, 3.05) is 13.2 Å². The number of nitrogens with zero attached hydrogens (tertiary/aromatic N) is 3. The minimum absolute atomic E-state index is 0.347. The third-order valence-corrected chi connectivity index (χ3v) is 4.66. The summed E-state index contributed by atoms with van der Waals surface area (Å²) in [6.45, 7) is 1.38. The Bertz CT molecular complexity index is 929. The van der Waals surface area contributed by atoms with E-state index in [1.54, 1.807) is 0 Å². The SMILES string of the molecule is O=C(O)C1c2cncnc2OCCN1Cc1ccc(-c2ccccc2)cc1. The zero-order chi connectivity index (χ0) is 18.6. The first-order valence-electron chi connectivity index (χ1n) is 8.76. The standard InChI is InChI=1S/C21H19N3O3/c25-21(26)19-18-12-22-14-23-20(18)27-11-10-24(19)13-15-6-8-17(9-7-15)16-4-2-1-3-5-16/h1-9,12,14,19H,10-11,13H2,(H,25,26). The van der Waals surface area contributed by atoms with Crippen molar-refractivity contribution in [3.63, 3.8) is 0 Å². The van der Waals surface area contributed by atoms with Crippen LogP contribution in [0.1, 0.15) is 17.2 Å². The van der Waals surface area contributed by atoms with Crippen molar-refractivity contribution in [1.82, 2.24) is 14.9 Å². The van der Waals surface area contributed by atoms with E-state index in [-0.39, 0.29) is 0 Å². The molecule has 0 amide bonds. The fourth-order valence-corrected chi connectivity index (χ4v) is 3.35. The van der Waals surface area contributed by atoms with Crippen LogP contribution in [0, 0.1) is 0 Å². The van der Waals surface area contributed by atoms with E-state index in [1.165, 1.54) is 12.5 Å². The van der Waals surface area contributed by atoms with Crippen LogP contribution < -0.4 is 4.74 Å². The first-order chi connectivity index (χ1) is 13.2. The molecule has 0 saturated heterocycles. The Kier molecular flexibility index (Phi) is 4.80. The molecule has 1 aromatic heterocycles. The highest BCUT2D eigenvalue weighted by Gasteiger charge is 2.33. The molecule has 2 heterocycles. The summed E-state index contributed by atoms with van der Waals surface area (Å²) in [4.78, 5) is 21.9. The van der Waals surface area contributed by atoms with E-state index in [2.05, 4.69) is 34.2 Å². The van der Waals surface area contributed by atoms with Gasteiger partial charge >= 0.3 is 5.97 Å². The van der Waals surface area contributed by atoms with Crippen LogP contribution in [-0.2, 0) is 11.3 Å². The van der Waals surface area contributed by atoms with Crippen LogP contribution in [0.3, 0.4) is 0 Å². The van der Waals surface area contributed by atoms with Crippen LogP contribution in [0.25, 0.3) is 11.1 Å².